The molecule has 37 heavy (non-hydrogen) atoms. The number of carbonyl (C=O) groups excluding carboxylic acids is 3. The van der Waals surface area contributed by atoms with E-state index in [1.165, 1.54) is 25.4 Å². The third-order valence-corrected chi connectivity index (χ3v) is 5.84. The smallest absolute Gasteiger partial charge is 0.337 e. The highest BCUT2D eigenvalue weighted by molar-refractivity contribution is 6.05. The molecule has 0 spiro atoms. The molecule has 0 atom stereocenters. The number of methoxy groups -OCH3 is 1. The fraction of sp³-hybridized carbons (Fsp3) is 0.103. The molecule has 8 heteroatoms. The molecule has 0 aliphatic rings. The molecule has 0 fully saturated rings. The Morgan fingerprint density at radius 2 is 1.70 bits per heavy atom. The largest absolute Gasteiger partial charge is 0.465 e. The highest BCUT2D eigenvalue weighted by atomic mass is 19.1. The van der Waals surface area contributed by atoms with Crippen molar-refractivity contribution in [2.24, 2.45) is 5.73 Å². The van der Waals surface area contributed by atoms with Crippen molar-refractivity contribution in [3.05, 3.63) is 119 Å². The van der Waals surface area contributed by atoms with Crippen LogP contribution in [0.25, 0.3) is 11.1 Å². The van der Waals surface area contributed by atoms with Crippen molar-refractivity contribution in [1.82, 2.24) is 4.98 Å². The number of aromatic nitrogens is 1. The Hall–Kier alpha value is -4.69. The van der Waals surface area contributed by atoms with Crippen LogP contribution in [0.2, 0.25) is 0 Å². The summed E-state index contributed by atoms with van der Waals surface area (Å²) >= 11 is 0. The third kappa shape index (κ3) is 5.94. The van der Waals surface area contributed by atoms with E-state index in [0.717, 1.165) is 11.8 Å². The summed E-state index contributed by atoms with van der Waals surface area (Å²) < 4.78 is 18.7. The average Bonchev–Trinajstić information content (AvgIpc) is 2.93. The van der Waals surface area contributed by atoms with E-state index in [9.17, 15) is 18.8 Å². The van der Waals surface area contributed by atoms with Gasteiger partial charge in [0.25, 0.3) is 5.91 Å². The number of nitrogens with zero attached hydrogens (tertiary/aromatic N) is 1. The van der Waals surface area contributed by atoms with Crippen LogP contribution in [0.5, 0.6) is 0 Å². The van der Waals surface area contributed by atoms with Crippen LogP contribution in [0, 0.1) is 5.82 Å². The van der Waals surface area contributed by atoms with Crippen molar-refractivity contribution < 1.29 is 23.5 Å². The van der Waals surface area contributed by atoms with Crippen LogP contribution in [-0.2, 0) is 17.7 Å². The molecule has 0 saturated carbocycles. The topological polar surface area (TPSA) is 111 Å². The Balaban J connectivity index is 1.60. The second kappa shape index (κ2) is 11.4. The van der Waals surface area contributed by atoms with E-state index in [0.29, 0.717) is 33.5 Å². The maximum absolute atomic E-state index is 14.0. The molecule has 1 aromatic heterocycles. The molecule has 0 bridgehead atoms. The van der Waals surface area contributed by atoms with Gasteiger partial charge in [0.05, 0.1) is 18.9 Å². The predicted octanol–water partition coefficient (Wildman–Crippen LogP) is 4.81. The van der Waals surface area contributed by atoms with E-state index in [-0.39, 0.29) is 30.2 Å². The Kier molecular flexibility index (Phi) is 7.80. The standard InChI is InChI=1S/C29H24FN3O4/c1-37-29(36)22-6-3-7-24(13-22)33-28(35)21-5-2-4-18(12-21)25-14-20(8-9-23(25)16-31)27(34)15-19-10-11-32-17-26(19)30/h2-14,17H,15-16,31H2,1H3,(H,33,35). The second-order valence-corrected chi connectivity index (χ2v) is 8.25. The lowest BCUT2D eigenvalue weighted by Gasteiger charge is -2.13. The number of amides is 1. The van der Waals surface area contributed by atoms with Crippen LogP contribution in [0.4, 0.5) is 10.1 Å². The van der Waals surface area contributed by atoms with E-state index in [2.05, 4.69) is 10.3 Å². The zero-order valence-electron chi connectivity index (χ0n) is 20.0. The maximum Gasteiger partial charge on any atom is 0.337 e. The number of carbonyl (C=O) groups is 3. The first kappa shape index (κ1) is 25.4. The van der Waals surface area contributed by atoms with Crippen LogP contribution in [0.15, 0.2) is 85.2 Å². The van der Waals surface area contributed by atoms with Gasteiger partial charge in [0.15, 0.2) is 5.78 Å². The maximum atomic E-state index is 14.0. The molecule has 0 radical (unpaired) electrons. The van der Waals surface area contributed by atoms with Gasteiger partial charge in [-0.1, -0.05) is 30.3 Å². The minimum absolute atomic E-state index is 0.108. The summed E-state index contributed by atoms with van der Waals surface area (Å²) in [5.41, 5.74) is 9.93. The molecule has 4 rings (SSSR count). The van der Waals surface area contributed by atoms with E-state index < -0.39 is 11.8 Å². The fourth-order valence-electron chi connectivity index (χ4n) is 3.89. The number of hydrogen-bond acceptors (Lipinski definition) is 6. The van der Waals surface area contributed by atoms with Gasteiger partial charge in [-0.15, -0.1) is 0 Å². The van der Waals surface area contributed by atoms with Gasteiger partial charge < -0.3 is 15.8 Å². The molecular formula is C29H24FN3O4. The number of Topliss-reactive ketones (excluding diaryl/α,β-unsaturated/α-hetero) is 1. The molecule has 1 heterocycles. The number of halogens is 1. The normalized spacial score (nSPS) is 10.6. The molecule has 4 aromatic rings. The van der Waals surface area contributed by atoms with Gasteiger partial charge in [-0.3, -0.25) is 14.6 Å². The Labute approximate surface area is 213 Å². The number of ketones is 1. The zero-order chi connectivity index (χ0) is 26.4. The van der Waals surface area contributed by atoms with Crippen LogP contribution in [0.3, 0.4) is 0 Å². The summed E-state index contributed by atoms with van der Waals surface area (Å²) in [6.07, 6.45) is 2.41. The highest BCUT2D eigenvalue weighted by Gasteiger charge is 2.15. The monoisotopic (exact) mass is 497 g/mol. The quantitative estimate of drug-likeness (QED) is 0.267. The highest BCUT2D eigenvalue weighted by Crippen LogP contribution is 2.27. The lowest BCUT2D eigenvalue weighted by atomic mass is 9.93. The first-order valence-electron chi connectivity index (χ1n) is 11.4. The lowest BCUT2D eigenvalue weighted by molar-refractivity contribution is 0.0600. The van der Waals surface area contributed by atoms with E-state index in [1.54, 1.807) is 54.6 Å². The van der Waals surface area contributed by atoms with Gasteiger partial charge in [0.2, 0.25) is 0 Å². The molecule has 1 amide bonds. The van der Waals surface area contributed by atoms with Crippen molar-refractivity contribution in [3.8, 4) is 11.1 Å². The number of nitrogens with one attached hydrogen (secondary N) is 1. The molecule has 0 unspecified atom stereocenters. The molecular weight excluding hydrogens is 473 g/mol. The molecule has 3 N–H and O–H groups in total. The van der Waals surface area contributed by atoms with Crippen LogP contribution in [0.1, 0.15) is 42.2 Å². The van der Waals surface area contributed by atoms with Crippen molar-refractivity contribution in [1.29, 1.82) is 0 Å². The summed E-state index contributed by atoms with van der Waals surface area (Å²) in [4.78, 5) is 41.4. The summed E-state index contributed by atoms with van der Waals surface area (Å²) in [6, 6.07) is 20.0. The number of anilines is 1. The molecule has 0 aliphatic heterocycles. The summed E-state index contributed by atoms with van der Waals surface area (Å²) in [5.74, 6) is -1.67. The van der Waals surface area contributed by atoms with Gasteiger partial charge in [0.1, 0.15) is 5.82 Å². The number of benzene rings is 3. The van der Waals surface area contributed by atoms with Gasteiger partial charge in [-0.2, -0.15) is 0 Å². The first-order chi connectivity index (χ1) is 17.9. The summed E-state index contributed by atoms with van der Waals surface area (Å²) in [5, 5.41) is 2.78. The second-order valence-electron chi connectivity index (χ2n) is 8.25. The van der Waals surface area contributed by atoms with E-state index >= 15 is 0 Å². The van der Waals surface area contributed by atoms with E-state index in [4.69, 9.17) is 10.5 Å². The van der Waals surface area contributed by atoms with Gasteiger partial charge >= 0.3 is 5.97 Å². The number of rotatable bonds is 8. The number of esters is 1. The number of pyridine rings is 1. The number of hydrogen-bond donors (Lipinski definition) is 2. The Morgan fingerprint density at radius 3 is 2.46 bits per heavy atom. The van der Waals surface area contributed by atoms with Crippen molar-refractivity contribution in [2.45, 2.75) is 13.0 Å². The fourth-order valence-corrected chi connectivity index (χ4v) is 3.89. The number of ether oxygens (including phenoxy) is 1. The molecule has 186 valence electrons. The van der Waals surface area contributed by atoms with Crippen molar-refractivity contribution in [2.75, 3.05) is 12.4 Å². The van der Waals surface area contributed by atoms with Gasteiger partial charge in [-0.05, 0) is 64.7 Å². The summed E-state index contributed by atoms with van der Waals surface area (Å²) in [6.45, 7) is 0.222. The molecule has 3 aromatic carbocycles. The minimum Gasteiger partial charge on any atom is -0.465 e. The third-order valence-electron chi connectivity index (χ3n) is 5.84. The molecule has 0 saturated heterocycles. The summed E-state index contributed by atoms with van der Waals surface area (Å²) in [7, 11) is 1.29. The van der Waals surface area contributed by atoms with Crippen molar-refractivity contribution in [3.63, 3.8) is 0 Å². The van der Waals surface area contributed by atoms with Crippen molar-refractivity contribution >= 4 is 23.3 Å². The van der Waals surface area contributed by atoms with E-state index in [1.807, 2.05) is 6.07 Å². The number of nitrogens with two attached hydrogens (primary N) is 1. The molecule has 7 nitrogen and oxygen atoms in total. The Bertz CT molecular complexity index is 1490. The minimum atomic E-state index is -0.537. The van der Waals surface area contributed by atoms with Crippen LogP contribution >= 0.6 is 0 Å². The van der Waals surface area contributed by atoms with Gasteiger partial charge in [-0.25, -0.2) is 9.18 Å². The zero-order valence-corrected chi connectivity index (χ0v) is 20.0. The first-order valence-corrected chi connectivity index (χ1v) is 11.4. The van der Waals surface area contributed by atoms with Crippen LogP contribution in [-0.4, -0.2) is 29.8 Å². The predicted molar refractivity (Wildman–Crippen MR) is 138 cm³/mol. The lowest BCUT2D eigenvalue weighted by Crippen LogP contribution is -2.13. The Morgan fingerprint density at radius 1 is 0.919 bits per heavy atom. The van der Waals surface area contributed by atoms with Gasteiger partial charge in [0, 0.05) is 36.0 Å². The van der Waals surface area contributed by atoms with Crippen LogP contribution < -0.4 is 11.1 Å². The SMILES string of the molecule is COC(=O)c1cccc(NC(=O)c2cccc(-c3cc(C(=O)Cc4ccncc4F)ccc3CN)c2)c1. The molecule has 0 aliphatic carbocycles. The average molecular weight is 498 g/mol.